The first kappa shape index (κ1) is 12.3. The predicted octanol–water partition coefficient (Wildman–Crippen LogP) is 2.04. The van der Waals surface area contributed by atoms with E-state index in [1.807, 2.05) is 30.3 Å². The van der Waals surface area contributed by atoms with Crippen LogP contribution < -0.4 is 5.73 Å². The van der Waals surface area contributed by atoms with Crippen molar-refractivity contribution < 1.29 is 9.53 Å². The summed E-state index contributed by atoms with van der Waals surface area (Å²) in [5, 5.41) is 0. The van der Waals surface area contributed by atoms with Gasteiger partial charge in [0.2, 0.25) is 0 Å². The van der Waals surface area contributed by atoms with Gasteiger partial charge in [-0.05, 0) is 31.2 Å². The van der Waals surface area contributed by atoms with Gasteiger partial charge in [-0.2, -0.15) is 0 Å². The van der Waals surface area contributed by atoms with E-state index in [9.17, 15) is 4.79 Å². The lowest BCUT2D eigenvalue weighted by atomic mass is 10.1. The van der Waals surface area contributed by atoms with Gasteiger partial charge < -0.3 is 15.3 Å². The molecule has 2 rings (SSSR count). The lowest BCUT2D eigenvalue weighted by Crippen LogP contribution is -2.25. The number of hydrogen-bond acceptors (Lipinski definition) is 3. The molecule has 1 fully saturated rings. The van der Waals surface area contributed by atoms with E-state index in [4.69, 9.17) is 10.5 Å². The summed E-state index contributed by atoms with van der Waals surface area (Å²) in [6.07, 6.45) is 4.33. The highest BCUT2D eigenvalue weighted by Gasteiger charge is 2.37. The first-order valence-electron chi connectivity index (χ1n) is 6.12. The maximum absolute atomic E-state index is 10.9. The zero-order chi connectivity index (χ0) is 12.1. The summed E-state index contributed by atoms with van der Waals surface area (Å²) in [5.41, 5.74) is 7.07. The van der Waals surface area contributed by atoms with Crippen LogP contribution in [0, 0.1) is 0 Å². The number of rotatable bonds is 7. The second-order valence-corrected chi connectivity index (χ2v) is 4.87. The molecular formula is C14H19NO2. The average Bonchev–Trinajstić information content (AvgIpc) is 3.09. The van der Waals surface area contributed by atoms with Crippen LogP contribution in [0.4, 0.5) is 0 Å². The van der Waals surface area contributed by atoms with Gasteiger partial charge in [0.05, 0.1) is 6.61 Å². The van der Waals surface area contributed by atoms with Crippen LogP contribution in [0.3, 0.4) is 0 Å². The molecule has 1 saturated carbocycles. The number of nitrogens with two attached hydrogens (primary N) is 1. The maximum Gasteiger partial charge on any atom is 0.148 e. The number of aldehydes is 1. The van der Waals surface area contributed by atoms with Gasteiger partial charge in [-0.1, -0.05) is 30.3 Å². The fourth-order valence-corrected chi connectivity index (χ4v) is 1.81. The minimum Gasteiger partial charge on any atom is -0.366 e. The summed E-state index contributed by atoms with van der Waals surface area (Å²) < 4.78 is 5.58. The third kappa shape index (κ3) is 3.95. The summed E-state index contributed by atoms with van der Waals surface area (Å²) in [6, 6.07) is 9.88. The zero-order valence-electron chi connectivity index (χ0n) is 9.97. The van der Waals surface area contributed by atoms with Crippen LogP contribution in [-0.4, -0.2) is 17.9 Å². The quantitative estimate of drug-likeness (QED) is 0.733. The van der Waals surface area contributed by atoms with Crippen molar-refractivity contribution in [2.75, 3.05) is 0 Å². The lowest BCUT2D eigenvalue weighted by molar-refractivity contribution is -0.119. The van der Waals surface area contributed by atoms with Crippen LogP contribution in [0.1, 0.15) is 31.2 Å². The van der Waals surface area contributed by atoms with Gasteiger partial charge in [-0.15, -0.1) is 0 Å². The predicted molar refractivity (Wildman–Crippen MR) is 66.5 cm³/mol. The molecule has 92 valence electrons. The Morgan fingerprint density at radius 3 is 2.65 bits per heavy atom. The first-order chi connectivity index (χ1) is 8.22. The smallest absolute Gasteiger partial charge is 0.148 e. The van der Waals surface area contributed by atoms with E-state index in [0.717, 1.165) is 37.5 Å². The molecular weight excluding hydrogens is 214 g/mol. The van der Waals surface area contributed by atoms with Crippen molar-refractivity contribution in [3.63, 3.8) is 0 Å². The van der Waals surface area contributed by atoms with Gasteiger partial charge in [0, 0.05) is 5.54 Å². The molecule has 1 unspecified atom stereocenters. The van der Waals surface area contributed by atoms with Crippen molar-refractivity contribution in [2.24, 2.45) is 5.73 Å². The van der Waals surface area contributed by atoms with Crippen molar-refractivity contribution in [1.29, 1.82) is 0 Å². The Labute approximate surface area is 102 Å². The third-order valence-corrected chi connectivity index (χ3v) is 3.28. The summed E-state index contributed by atoms with van der Waals surface area (Å²) >= 11 is 0. The van der Waals surface area contributed by atoms with E-state index >= 15 is 0 Å². The van der Waals surface area contributed by atoms with E-state index in [1.54, 1.807) is 0 Å². The van der Waals surface area contributed by atoms with Gasteiger partial charge in [0.1, 0.15) is 12.4 Å². The van der Waals surface area contributed by atoms with Crippen LogP contribution in [0.25, 0.3) is 0 Å². The summed E-state index contributed by atoms with van der Waals surface area (Å²) in [6.45, 7) is 0.488. The normalized spacial score (nSPS) is 18.6. The molecule has 1 aromatic rings. The van der Waals surface area contributed by atoms with Crippen molar-refractivity contribution >= 4 is 6.29 Å². The Kier molecular flexibility index (Phi) is 3.92. The molecule has 2 N–H and O–H groups in total. The second kappa shape index (κ2) is 5.43. The highest BCUT2D eigenvalue weighted by molar-refractivity contribution is 5.55. The molecule has 0 radical (unpaired) electrons. The van der Waals surface area contributed by atoms with Crippen molar-refractivity contribution in [3.05, 3.63) is 35.9 Å². The minimum absolute atomic E-state index is 0.00261. The Morgan fingerprint density at radius 1 is 1.35 bits per heavy atom. The van der Waals surface area contributed by atoms with E-state index in [0.29, 0.717) is 6.61 Å². The first-order valence-corrected chi connectivity index (χ1v) is 6.12. The van der Waals surface area contributed by atoms with E-state index in [1.165, 1.54) is 0 Å². The Hall–Kier alpha value is -1.19. The fraction of sp³-hybridized carbons (Fsp3) is 0.500. The zero-order valence-corrected chi connectivity index (χ0v) is 9.97. The number of carbonyl (C=O) groups excluding carboxylic acids is 1. The average molecular weight is 233 g/mol. The number of carbonyl (C=O) groups is 1. The molecule has 0 amide bonds. The molecule has 1 aromatic carbocycles. The van der Waals surface area contributed by atoms with Gasteiger partial charge in [0.15, 0.2) is 0 Å². The monoisotopic (exact) mass is 233 g/mol. The molecule has 0 bridgehead atoms. The molecule has 1 atom stereocenters. The molecule has 17 heavy (non-hydrogen) atoms. The van der Waals surface area contributed by atoms with Crippen molar-refractivity contribution in [3.8, 4) is 0 Å². The molecule has 0 spiro atoms. The molecule has 0 aliphatic heterocycles. The van der Waals surface area contributed by atoms with Crippen LogP contribution in [-0.2, 0) is 16.1 Å². The largest absolute Gasteiger partial charge is 0.366 e. The Morgan fingerprint density at radius 2 is 2.06 bits per heavy atom. The standard InChI is InChI=1S/C14H19NO2/c15-14(8-9-14)7-6-13(10-16)17-11-12-4-2-1-3-5-12/h1-5,10,13H,6-9,11,15H2. The van der Waals surface area contributed by atoms with Crippen LogP contribution in [0.2, 0.25) is 0 Å². The van der Waals surface area contributed by atoms with Crippen molar-refractivity contribution in [2.45, 2.75) is 43.9 Å². The van der Waals surface area contributed by atoms with Gasteiger partial charge in [0.25, 0.3) is 0 Å². The highest BCUT2D eigenvalue weighted by atomic mass is 16.5. The molecule has 0 aromatic heterocycles. The van der Waals surface area contributed by atoms with Gasteiger partial charge in [-0.25, -0.2) is 0 Å². The molecule has 3 nitrogen and oxygen atoms in total. The summed E-state index contributed by atoms with van der Waals surface area (Å²) in [7, 11) is 0. The number of hydrogen-bond donors (Lipinski definition) is 1. The molecule has 0 heterocycles. The minimum atomic E-state index is -0.323. The molecule has 1 aliphatic rings. The SMILES string of the molecule is NC1(CCC(C=O)OCc2ccccc2)CC1. The Balaban J connectivity index is 1.73. The number of benzene rings is 1. The molecule has 0 saturated heterocycles. The summed E-state index contributed by atoms with van der Waals surface area (Å²) in [5.74, 6) is 0. The lowest BCUT2D eigenvalue weighted by Gasteiger charge is -2.14. The van der Waals surface area contributed by atoms with Gasteiger partial charge >= 0.3 is 0 Å². The fourth-order valence-electron chi connectivity index (χ4n) is 1.81. The highest BCUT2D eigenvalue weighted by Crippen LogP contribution is 2.37. The molecule has 3 heteroatoms. The van der Waals surface area contributed by atoms with E-state index in [-0.39, 0.29) is 11.6 Å². The van der Waals surface area contributed by atoms with E-state index in [2.05, 4.69) is 0 Å². The Bertz CT molecular complexity index is 360. The van der Waals surface area contributed by atoms with Crippen molar-refractivity contribution in [1.82, 2.24) is 0 Å². The third-order valence-electron chi connectivity index (χ3n) is 3.28. The second-order valence-electron chi connectivity index (χ2n) is 4.87. The topological polar surface area (TPSA) is 52.3 Å². The van der Waals surface area contributed by atoms with Crippen LogP contribution >= 0.6 is 0 Å². The number of ether oxygens (including phenoxy) is 1. The van der Waals surface area contributed by atoms with E-state index < -0.39 is 0 Å². The van der Waals surface area contributed by atoms with Crippen LogP contribution in [0.15, 0.2) is 30.3 Å². The van der Waals surface area contributed by atoms with Crippen LogP contribution in [0.5, 0.6) is 0 Å². The summed E-state index contributed by atoms with van der Waals surface area (Å²) in [4.78, 5) is 10.9. The maximum atomic E-state index is 10.9. The molecule has 1 aliphatic carbocycles. The van der Waals surface area contributed by atoms with Gasteiger partial charge in [-0.3, -0.25) is 0 Å².